The second kappa shape index (κ2) is 7.38. The number of aromatic hydroxyl groups is 1. The maximum Gasteiger partial charge on any atom is 0.322 e. The number of urea groups is 1. The number of Topliss-reactive ketones (excluding diaryl/α,β-unsaturated/α-hetero) is 1. The van der Waals surface area contributed by atoms with Crippen molar-refractivity contribution in [3.63, 3.8) is 0 Å². The molecular formula is C20H22N2O3. The Bertz CT molecular complexity index is 784. The van der Waals surface area contributed by atoms with Gasteiger partial charge in [0.25, 0.3) is 0 Å². The topological polar surface area (TPSA) is 69.6 Å². The average Bonchev–Trinajstić information content (AvgIpc) is 3.38. The number of hydrogen-bond acceptors (Lipinski definition) is 3. The van der Waals surface area contributed by atoms with Crippen LogP contribution in [0.25, 0.3) is 0 Å². The van der Waals surface area contributed by atoms with Gasteiger partial charge in [0.05, 0.1) is 0 Å². The summed E-state index contributed by atoms with van der Waals surface area (Å²) in [5, 5.41) is 12.5. The molecule has 5 nitrogen and oxygen atoms in total. The van der Waals surface area contributed by atoms with Crippen LogP contribution in [-0.2, 0) is 6.54 Å². The third kappa shape index (κ3) is 4.83. The molecule has 0 unspecified atom stereocenters. The van der Waals surface area contributed by atoms with Crippen LogP contribution in [0.15, 0.2) is 48.5 Å². The van der Waals surface area contributed by atoms with E-state index >= 15 is 0 Å². The van der Waals surface area contributed by atoms with Crippen LogP contribution in [0, 0.1) is 5.92 Å². The van der Waals surface area contributed by atoms with E-state index in [4.69, 9.17) is 0 Å². The van der Waals surface area contributed by atoms with Crippen molar-refractivity contribution in [2.24, 2.45) is 5.92 Å². The number of nitrogens with zero attached hydrogens (tertiary/aromatic N) is 1. The number of carbonyl (C=O) groups is 2. The first-order valence-electron chi connectivity index (χ1n) is 8.46. The molecular weight excluding hydrogens is 316 g/mol. The summed E-state index contributed by atoms with van der Waals surface area (Å²) in [4.78, 5) is 26.0. The molecule has 5 heteroatoms. The molecule has 2 N–H and O–H groups in total. The number of amides is 2. The van der Waals surface area contributed by atoms with Crippen molar-refractivity contribution in [2.75, 3.05) is 11.9 Å². The Labute approximate surface area is 147 Å². The van der Waals surface area contributed by atoms with Crippen LogP contribution in [-0.4, -0.2) is 28.4 Å². The van der Waals surface area contributed by atoms with Crippen LogP contribution in [0.4, 0.5) is 10.5 Å². The van der Waals surface area contributed by atoms with E-state index in [2.05, 4.69) is 5.32 Å². The van der Waals surface area contributed by atoms with Gasteiger partial charge < -0.3 is 15.3 Å². The van der Waals surface area contributed by atoms with E-state index in [0.717, 1.165) is 18.4 Å². The molecule has 0 heterocycles. The first kappa shape index (κ1) is 17.0. The molecule has 1 saturated carbocycles. The molecule has 0 aliphatic heterocycles. The van der Waals surface area contributed by atoms with Crippen LogP contribution in [0.1, 0.15) is 35.7 Å². The van der Waals surface area contributed by atoms with Crippen LogP contribution in [0.5, 0.6) is 5.75 Å². The van der Waals surface area contributed by atoms with Crippen LogP contribution < -0.4 is 5.32 Å². The Morgan fingerprint density at radius 3 is 2.60 bits per heavy atom. The van der Waals surface area contributed by atoms with E-state index in [1.54, 1.807) is 47.4 Å². The summed E-state index contributed by atoms with van der Waals surface area (Å²) in [6.45, 7) is 2.62. The largest absolute Gasteiger partial charge is 0.508 e. The predicted molar refractivity (Wildman–Crippen MR) is 96.7 cm³/mol. The van der Waals surface area contributed by atoms with Gasteiger partial charge in [0, 0.05) is 24.3 Å². The Morgan fingerprint density at radius 2 is 1.92 bits per heavy atom. The number of anilines is 1. The zero-order valence-electron chi connectivity index (χ0n) is 14.2. The van der Waals surface area contributed by atoms with E-state index in [1.165, 1.54) is 6.92 Å². The van der Waals surface area contributed by atoms with E-state index in [0.29, 0.717) is 30.3 Å². The molecule has 2 amide bonds. The Balaban J connectivity index is 1.72. The van der Waals surface area contributed by atoms with E-state index in [-0.39, 0.29) is 17.6 Å². The number of ketones is 1. The first-order valence-corrected chi connectivity index (χ1v) is 8.46. The second-order valence-electron chi connectivity index (χ2n) is 6.56. The minimum atomic E-state index is -0.198. The SMILES string of the molecule is CC(=O)c1cccc(NC(=O)N(Cc2cccc(O)c2)CC2CC2)c1. The first-order chi connectivity index (χ1) is 12.0. The highest BCUT2D eigenvalue weighted by atomic mass is 16.3. The van der Waals surface area contributed by atoms with E-state index < -0.39 is 0 Å². The van der Waals surface area contributed by atoms with Gasteiger partial charge >= 0.3 is 6.03 Å². The monoisotopic (exact) mass is 338 g/mol. The lowest BCUT2D eigenvalue weighted by Gasteiger charge is -2.23. The number of phenolic OH excluding ortho intramolecular Hbond substituents is 1. The standard InChI is InChI=1S/C20H22N2O3/c1-14(23)17-5-3-6-18(11-17)21-20(25)22(12-15-8-9-15)13-16-4-2-7-19(24)10-16/h2-7,10-11,15,24H,8-9,12-13H2,1H3,(H,21,25). The maximum atomic E-state index is 12.7. The molecule has 0 aromatic heterocycles. The summed E-state index contributed by atoms with van der Waals surface area (Å²) in [6, 6.07) is 13.7. The zero-order valence-corrected chi connectivity index (χ0v) is 14.2. The van der Waals surface area contributed by atoms with Gasteiger partial charge in [-0.15, -0.1) is 0 Å². The fourth-order valence-electron chi connectivity index (χ4n) is 2.73. The van der Waals surface area contributed by atoms with Crippen LogP contribution in [0.2, 0.25) is 0 Å². The Kier molecular flexibility index (Phi) is 5.03. The van der Waals surface area contributed by atoms with Gasteiger partial charge in [-0.25, -0.2) is 4.79 Å². The van der Waals surface area contributed by atoms with Gasteiger partial charge in [0.2, 0.25) is 0 Å². The van der Waals surface area contributed by atoms with Gasteiger partial charge in [-0.2, -0.15) is 0 Å². The number of phenols is 1. The molecule has 0 bridgehead atoms. The fourth-order valence-corrected chi connectivity index (χ4v) is 2.73. The number of carbonyl (C=O) groups excluding carboxylic acids is 2. The highest BCUT2D eigenvalue weighted by Crippen LogP contribution is 2.30. The van der Waals surface area contributed by atoms with Gasteiger partial charge in [0.1, 0.15) is 5.75 Å². The highest BCUT2D eigenvalue weighted by Gasteiger charge is 2.27. The number of nitrogens with one attached hydrogen (secondary N) is 1. The van der Waals surface area contributed by atoms with Crippen LogP contribution >= 0.6 is 0 Å². The summed E-state index contributed by atoms with van der Waals surface area (Å²) in [6.07, 6.45) is 2.29. The van der Waals surface area contributed by atoms with Crippen molar-refractivity contribution in [3.05, 3.63) is 59.7 Å². The smallest absolute Gasteiger partial charge is 0.322 e. The zero-order chi connectivity index (χ0) is 17.8. The van der Waals surface area contributed by atoms with Crippen molar-refractivity contribution in [2.45, 2.75) is 26.3 Å². The molecule has 0 saturated heterocycles. The summed E-state index contributed by atoms with van der Waals surface area (Å²) in [7, 11) is 0. The average molecular weight is 338 g/mol. The Morgan fingerprint density at radius 1 is 1.16 bits per heavy atom. The maximum absolute atomic E-state index is 12.7. The number of hydrogen-bond donors (Lipinski definition) is 2. The molecule has 0 radical (unpaired) electrons. The minimum Gasteiger partial charge on any atom is -0.508 e. The summed E-state index contributed by atoms with van der Waals surface area (Å²) in [5.41, 5.74) is 2.06. The van der Waals surface area contributed by atoms with Crippen molar-refractivity contribution >= 4 is 17.5 Å². The van der Waals surface area contributed by atoms with Crippen molar-refractivity contribution in [1.29, 1.82) is 0 Å². The lowest BCUT2D eigenvalue weighted by atomic mass is 10.1. The molecule has 1 aliphatic carbocycles. The Hall–Kier alpha value is -2.82. The third-order valence-corrected chi connectivity index (χ3v) is 4.27. The molecule has 1 fully saturated rings. The second-order valence-corrected chi connectivity index (χ2v) is 6.56. The summed E-state index contributed by atoms with van der Waals surface area (Å²) >= 11 is 0. The van der Waals surface area contributed by atoms with Crippen molar-refractivity contribution < 1.29 is 14.7 Å². The molecule has 25 heavy (non-hydrogen) atoms. The lowest BCUT2D eigenvalue weighted by molar-refractivity contribution is 0.101. The third-order valence-electron chi connectivity index (χ3n) is 4.27. The normalized spacial score (nSPS) is 13.3. The fraction of sp³-hybridized carbons (Fsp3) is 0.300. The molecule has 130 valence electrons. The van der Waals surface area contributed by atoms with Gasteiger partial charge in [-0.05, 0) is 55.5 Å². The molecule has 1 aliphatic rings. The molecule has 0 spiro atoms. The lowest BCUT2D eigenvalue weighted by Crippen LogP contribution is -2.36. The number of benzene rings is 2. The quantitative estimate of drug-likeness (QED) is 0.781. The van der Waals surface area contributed by atoms with Crippen molar-refractivity contribution in [3.8, 4) is 5.75 Å². The van der Waals surface area contributed by atoms with Crippen molar-refractivity contribution in [1.82, 2.24) is 4.90 Å². The van der Waals surface area contributed by atoms with Gasteiger partial charge in [0.15, 0.2) is 5.78 Å². The summed E-state index contributed by atoms with van der Waals surface area (Å²) < 4.78 is 0. The minimum absolute atomic E-state index is 0.0364. The predicted octanol–water partition coefficient (Wildman–Crippen LogP) is 4.04. The van der Waals surface area contributed by atoms with Crippen LogP contribution in [0.3, 0.4) is 0 Å². The summed E-state index contributed by atoms with van der Waals surface area (Å²) in [5.74, 6) is 0.704. The van der Waals surface area contributed by atoms with Gasteiger partial charge in [-0.3, -0.25) is 4.79 Å². The van der Waals surface area contributed by atoms with E-state index in [9.17, 15) is 14.7 Å². The van der Waals surface area contributed by atoms with E-state index in [1.807, 2.05) is 6.07 Å². The highest BCUT2D eigenvalue weighted by molar-refractivity contribution is 5.96. The van der Waals surface area contributed by atoms with Gasteiger partial charge in [-0.1, -0.05) is 24.3 Å². The molecule has 0 atom stereocenters. The molecule has 2 aromatic carbocycles. The molecule has 2 aromatic rings. The number of rotatable bonds is 6. The molecule has 3 rings (SSSR count).